The fraction of sp³-hybridized carbons (Fsp3) is 0. The molecular formula is C58H36N2S. The minimum absolute atomic E-state index is 0.702. The van der Waals surface area contributed by atoms with Crippen LogP contribution in [0.4, 0.5) is 0 Å². The molecule has 2 aromatic heterocycles. The number of hydrogen-bond donors (Lipinski definition) is 0. The van der Waals surface area contributed by atoms with Gasteiger partial charge in [-0.1, -0.05) is 176 Å². The molecule has 284 valence electrons. The number of hydrogen-bond acceptors (Lipinski definition) is 3. The predicted molar refractivity (Wildman–Crippen MR) is 260 cm³/mol. The summed E-state index contributed by atoms with van der Waals surface area (Å²) in [5.41, 5.74) is 11.9. The largest absolute Gasteiger partial charge is 0.228 e. The predicted octanol–water partition coefficient (Wildman–Crippen LogP) is 16.3. The van der Waals surface area contributed by atoms with E-state index in [9.17, 15) is 0 Å². The lowest BCUT2D eigenvalue weighted by Crippen LogP contribution is -1.96. The van der Waals surface area contributed by atoms with E-state index in [2.05, 4.69) is 200 Å². The summed E-state index contributed by atoms with van der Waals surface area (Å²) in [4.78, 5) is 10.4. The van der Waals surface area contributed by atoms with E-state index in [1.165, 1.54) is 69.2 Å². The van der Waals surface area contributed by atoms with E-state index in [1.54, 1.807) is 0 Å². The third kappa shape index (κ3) is 6.26. The number of thiophene rings is 1. The summed E-state index contributed by atoms with van der Waals surface area (Å²) >= 11 is 1.85. The van der Waals surface area contributed by atoms with Crippen LogP contribution >= 0.6 is 11.3 Å². The molecule has 0 saturated carbocycles. The van der Waals surface area contributed by atoms with Gasteiger partial charge in [0.05, 0.1) is 11.4 Å². The smallest absolute Gasteiger partial charge is 0.160 e. The zero-order valence-corrected chi connectivity index (χ0v) is 33.9. The molecule has 0 fully saturated rings. The van der Waals surface area contributed by atoms with Gasteiger partial charge in [0, 0.05) is 36.9 Å². The van der Waals surface area contributed by atoms with Crippen molar-refractivity contribution in [3.05, 3.63) is 218 Å². The minimum atomic E-state index is 0.702. The quantitative estimate of drug-likeness (QED) is 0.124. The van der Waals surface area contributed by atoms with Crippen molar-refractivity contribution in [3.63, 3.8) is 0 Å². The van der Waals surface area contributed by atoms with Crippen molar-refractivity contribution in [3.8, 4) is 67.3 Å². The standard InChI is InChI=1S/C58H36N2S/c1-2-14-38(15-3-1)58-59-53(36-54(60-58)45-21-11-18-40(32-45)42-28-29-50-49-25-8-9-26-55(49)61-56(50)35-42)44-20-10-17-39(31-44)41-19-12-22-46(33-41)57-48-24-7-5-16-43(48)34-52-47-23-6-4-13-37(47)27-30-51(52)57/h1-36H. The zero-order chi connectivity index (χ0) is 40.3. The van der Waals surface area contributed by atoms with E-state index in [4.69, 9.17) is 9.97 Å². The molecule has 0 spiro atoms. The Kier molecular flexibility index (Phi) is 8.39. The zero-order valence-electron chi connectivity index (χ0n) is 33.1. The molecule has 0 radical (unpaired) electrons. The van der Waals surface area contributed by atoms with Gasteiger partial charge in [0.25, 0.3) is 0 Å². The summed E-state index contributed by atoms with van der Waals surface area (Å²) < 4.78 is 2.61. The molecule has 2 heterocycles. The molecule has 0 aliphatic carbocycles. The second-order valence-electron chi connectivity index (χ2n) is 15.7. The molecule has 61 heavy (non-hydrogen) atoms. The molecule has 12 rings (SSSR count). The molecular weight excluding hydrogens is 757 g/mol. The average Bonchev–Trinajstić information content (AvgIpc) is 3.71. The highest BCUT2D eigenvalue weighted by atomic mass is 32.1. The molecule has 3 heteroatoms. The van der Waals surface area contributed by atoms with Crippen LogP contribution in [-0.4, -0.2) is 9.97 Å². The van der Waals surface area contributed by atoms with Crippen LogP contribution < -0.4 is 0 Å². The van der Waals surface area contributed by atoms with E-state index in [-0.39, 0.29) is 0 Å². The average molecular weight is 793 g/mol. The Bertz CT molecular complexity index is 3660. The summed E-state index contributed by atoms with van der Waals surface area (Å²) in [6, 6.07) is 78.8. The molecule has 0 unspecified atom stereocenters. The Morgan fingerprint density at radius 2 is 0.787 bits per heavy atom. The molecule has 0 amide bonds. The second-order valence-corrected chi connectivity index (χ2v) is 16.8. The molecule has 2 nitrogen and oxygen atoms in total. The van der Waals surface area contributed by atoms with Crippen molar-refractivity contribution < 1.29 is 0 Å². The molecule has 0 saturated heterocycles. The van der Waals surface area contributed by atoms with Gasteiger partial charge in [-0.15, -0.1) is 11.3 Å². The highest BCUT2D eigenvalue weighted by Crippen LogP contribution is 2.41. The Morgan fingerprint density at radius 1 is 0.262 bits per heavy atom. The van der Waals surface area contributed by atoms with Crippen LogP contribution in [0.5, 0.6) is 0 Å². The fourth-order valence-corrected chi connectivity index (χ4v) is 10.2. The van der Waals surface area contributed by atoms with Crippen LogP contribution in [0, 0.1) is 0 Å². The molecule has 10 aromatic carbocycles. The maximum atomic E-state index is 5.22. The van der Waals surface area contributed by atoms with Crippen molar-refractivity contribution in [1.82, 2.24) is 9.97 Å². The Morgan fingerprint density at radius 3 is 1.52 bits per heavy atom. The SMILES string of the molecule is c1ccc(-c2nc(-c3cccc(-c4cccc(-c5c6ccccc6cc6c5ccc5ccccc56)c4)c3)cc(-c3cccc(-c4ccc5c(c4)sc4ccccc45)c3)n2)cc1. The van der Waals surface area contributed by atoms with Crippen molar-refractivity contribution in [2.24, 2.45) is 0 Å². The number of rotatable bonds is 6. The first-order valence-corrected chi connectivity index (χ1v) is 21.5. The van der Waals surface area contributed by atoms with Crippen molar-refractivity contribution in [2.45, 2.75) is 0 Å². The topological polar surface area (TPSA) is 25.8 Å². The van der Waals surface area contributed by atoms with Crippen LogP contribution in [0.2, 0.25) is 0 Å². The normalized spacial score (nSPS) is 11.6. The first-order chi connectivity index (χ1) is 30.2. The maximum absolute atomic E-state index is 5.22. The number of nitrogens with zero attached hydrogens (tertiary/aromatic N) is 2. The molecule has 0 aliphatic heterocycles. The number of fused-ring (bicyclic) bond motifs is 7. The van der Waals surface area contributed by atoms with Gasteiger partial charge in [0.2, 0.25) is 0 Å². The lowest BCUT2D eigenvalue weighted by molar-refractivity contribution is 1.18. The van der Waals surface area contributed by atoms with Crippen LogP contribution in [0.3, 0.4) is 0 Å². The third-order valence-corrected chi connectivity index (χ3v) is 13.2. The Labute approximate surface area is 357 Å². The van der Waals surface area contributed by atoms with E-state index in [0.29, 0.717) is 5.82 Å². The monoisotopic (exact) mass is 792 g/mol. The third-order valence-electron chi connectivity index (χ3n) is 12.0. The summed E-state index contributed by atoms with van der Waals surface area (Å²) in [5, 5.41) is 10.2. The van der Waals surface area contributed by atoms with Gasteiger partial charge >= 0.3 is 0 Å². The summed E-state index contributed by atoms with van der Waals surface area (Å²) in [6.45, 7) is 0. The van der Waals surface area contributed by atoms with Gasteiger partial charge in [-0.2, -0.15) is 0 Å². The fourth-order valence-electron chi connectivity index (χ4n) is 9.07. The summed E-state index contributed by atoms with van der Waals surface area (Å²) in [6.07, 6.45) is 0. The van der Waals surface area contributed by atoms with Gasteiger partial charge in [-0.3, -0.25) is 0 Å². The van der Waals surface area contributed by atoms with Gasteiger partial charge < -0.3 is 0 Å². The minimum Gasteiger partial charge on any atom is -0.228 e. The van der Waals surface area contributed by atoms with Crippen LogP contribution in [-0.2, 0) is 0 Å². The van der Waals surface area contributed by atoms with Crippen molar-refractivity contribution >= 4 is 63.8 Å². The first-order valence-electron chi connectivity index (χ1n) is 20.7. The lowest BCUT2D eigenvalue weighted by Gasteiger charge is -2.15. The molecule has 0 N–H and O–H groups in total. The lowest BCUT2D eigenvalue weighted by atomic mass is 9.88. The maximum Gasteiger partial charge on any atom is 0.160 e. The van der Waals surface area contributed by atoms with Crippen LogP contribution in [0.25, 0.3) is 120 Å². The highest BCUT2D eigenvalue weighted by Gasteiger charge is 2.16. The van der Waals surface area contributed by atoms with Crippen molar-refractivity contribution in [2.75, 3.05) is 0 Å². The Balaban J connectivity index is 0.960. The van der Waals surface area contributed by atoms with E-state index in [1.807, 2.05) is 29.5 Å². The van der Waals surface area contributed by atoms with E-state index < -0.39 is 0 Å². The first kappa shape index (κ1) is 35.2. The van der Waals surface area contributed by atoms with E-state index >= 15 is 0 Å². The van der Waals surface area contributed by atoms with Gasteiger partial charge in [-0.25, -0.2) is 9.97 Å². The summed E-state index contributed by atoms with van der Waals surface area (Å²) in [5.74, 6) is 0.702. The number of aromatic nitrogens is 2. The highest BCUT2D eigenvalue weighted by molar-refractivity contribution is 7.25. The van der Waals surface area contributed by atoms with Crippen LogP contribution in [0.1, 0.15) is 0 Å². The van der Waals surface area contributed by atoms with Crippen molar-refractivity contribution in [1.29, 1.82) is 0 Å². The van der Waals surface area contributed by atoms with Gasteiger partial charge in [-0.05, 0) is 108 Å². The van der Waals surface area contributed by atoms with E-state index in [0.717, 1.165) is 44.8 Å². The number of benzene rings is 10. The second kappa shape index (κ2) is 14.5. The molecule has 0 atom stereocenters. The molecule has 12 aromatic rings. The van der Waals surface area contributed by atoms with Gasteiger partial charge in [0.1, 0.15) is 0 Å². The Hall–Kier alpha value is -7.72. The van der Waals surface area contributed by atoms with Crippen LogP contribution in [0.15, 0.2) is 218 Å². The summed E-state index contributed by atoms with van der Waals surface area (Å²) in [7, 11) is 0. The molecule has 0 aliphatic rings. The van der Waals surface area contributed by atoms with Gasteiger partial charge in [0.15, 0.2) is 5.82 Å². The molecule has 0 bridgehead atoms.